The van der Waals surface area contributed by atoms with E-state index in [4.69, 9.17) is 14.3 Å². The topological polar surface area (TPSA) is 65.1 Å². The quantitative estimate of drug-likeness (QED) is 0.351. The van der Waals surface area contributed by atoms with Crippen LogP contribution >= 0.6 is 0 Å². The summed E-state index contributed by atoms with van der Waals surface area (Å²) >= 11 is 0. The van der Waals surface area contributed by atoms with Gasteiger partial charge in [0.25, 0.3) is 0 Å². The normalized spacial score (nSPS) is 19.0. The molecule has 0 radical (unpaired) electrons. The molecule has 4 rings (SSSR count). The lowest BCUT2D eigenvalue weighted by atomic mass is 9.71. The van der Waals surface area contributed by atoms with E-state index < -0.39 is 29.5 Å². The molecule has 1 aliphatic heterocycles. The van der Waals surface area contributed by atoms with Crippen LogP contribution in [0.2, 0.25) is 0 Å². The van der Waals surface area contributed by atoms with Gasteiger partial charge >= 0.3 is 11.9 Å². The van der Waals surface area contributed by atoms with Crippen molar-refractivity contribution >= 4 is 17.6 Å². The summed E-state index contributed by atoms with van der Waals surface area (Å²) in [5, 5.41) is 1.65. The lowest BCUT2D eigenvalue weighted by molar-refractivity contribution is -0.177. The molecule has 3 aromatic carbocycles. The Hall–Kier alpha value is -3.64. The summed E-state index contributed by atoms with van der Waals surface area (Å²) in [4.78, 5) is 34.3. The Morgan fingerprint density at radius 3 is 1.85 bits per heavy atom. The van der Waals surface area contributed by atoms with E-state index in [2.05, 4.69) is 0 Å². The van der Waals surface area contributed by atoms with Gasteiger partial charge < -0.3 is 9.47 Å². The summed E-state index contributed by atoms with van der Waals surface area (Å²) < 4.78 is 11.1. The highest BCUT2D eigenvalue weighted by Gasteiger charge is 2.69. The van der Waals surface area contributed by atoms with Crippen LogP contribution in [-0.4, -0.2) is 25.2 Å². The number of aryl methyl sites for hydroxylation is 1. The van der Waals surface area contributed by atoms with Crippen LogP contribution in [0.5, 0.6) is 0 Å². The Bertz CT molecular complexity index is 1100. The summed E-state index contributed by atoms with van der Waals surface area (Å²) in [5.41, 5.74) is 1.40. The van der Waals surface area contributed by atoms with Crippen LogP contribution in [0.15, 0.2) is 84.9 Å². The van der Waals surface area contributed by atoms with Gasteiger partial charge in [0, 0.05) is 0 Å². The van der Waals surface area contributed by atoms with Crippen molar-refractivity contribution in [2.24, 2.45) is 5.41 Å². The van der Waals surface area contributed by atoms with Crippen LogP contribution < -0.4 is 5.06 Å². The van der Waals surface area contributed by atoms with E-state index in [0.717, 1.165) is 11.1 Å². The number of benzene rings is 3. The first kappa shape index (κ1) is 23.5. The maximum atomic E-state index is 13.9. The molecule has 0 spiro atoms. The second-order valence-corrected chi connectivity index (χ2v) is 8.18. The molecule has 1 heterocycles. The van der Waals surface area contributed by atoms with E-state index in [1.807, 2.05) is 91.9 Å². The van der Waals surface area contributed by atoms with E-state index in [9.17, 15) is 9.59 Å². The molecule has 3 aromatic rings. The van der Waals surface area contributed by atoms with Crippen molar-refractivity contribution in [1.82, 2.24) is 0 Å². The van der Waals surface area contributed by atoms with Gasteiger partial charge in [-0.3, -0.25) is 14.4 Å². The average Bonchev–Trinajstić information content (AvgIpc) is 3.23. The molecule has 0 N–H and O–H groups in total. The number of hydrogen-bond acceptors (Lipinski definition) is 6. The Morgan fingerprint density at radius 2 is 1.32 bits per heavy atom. The maximum Gasteiger partial charge on any atom is 0.329 e. The third kappa shape index (κ3) is 4.05. The predicted molar refractivity (Wildman–Crippen MR) is 129 cm³/mol. The van der Waals surface area contributed by atoms with Crippen LogP contribution in [0.1, 0.15) is 42.7 Å². The number of ether oxygens (including phenoxy) is 2. The largest absolute Gasteiger partial charge is 0.465 e. The minimum Gasteiger partial charge on any atom is -0.465 e. The molecule has 2 atom stereocenters. The first-order chi connectivity index (χ1) is 16.5. The number of carbonyl (C=O) groups is 2. The minimum absolute atomic E-state index is 0.119. The SMILES string of the molecule is CCOC(=O)C1(C(=O)OCC)[C@H](c2ccccc2)N(c2ccccc2)O[C@H]1c1ccc(C)cc1. The lowest BCUT2D eigenvalue weighted by Gasteiger charge is -2.34. The van der Waals surface area contributed by atoms with E-state index in [-0.39, 0.29) is 13.2 Å². The third-order valence-corrected chi connectivity index (χ3v) is 6.03. The van der Waals surface area contributed by atoms with Gasteiger partial charge in [0.05, 0.1) is 18.9 Å². The molecule has 0 unspecified atom stereocenters. The number of nitrogens with zero attached hydrogens (tertiary/aromatic N) is 1. The first-order valence-corrected chi connectivity index (χ1v) is 11.5. The molecule has 0 bridgehead atoms. The fraction of sp³-hybridized carbons (Fsp3) is 0.286. The van der Waals surface area contributed by atoms with Gasteiger partial charge in [0.1, 0.15) is 12.1 Å². The van der Waals surface area contributed by atoms with Gasteiger partial charge in [0.2, 0.25) is 5.41 Å². The zero-order chi connectivity index (χ0) is 24.1. The molecular formula is C28H29NO5. The Balaban J connectivity index is 2.02. The Labute approximate surface area is 200 Å². The highest BCUT2D eigenvalue weighted by molar-refractivity contribution is 6.03. The molecule has 6 nitrogen and oxygen atoms in total. The molecule has 1 saturated heterocycles. The summed E-state index contributed by atoms with van der Waals surface area (Å²) in [6, 6.07) is 25.6. The molecule has 1 fully saturated rings. The molecule has 0 amide bonds. The highest BCUT2D eigenvalue weighted by Crippen LogP contribution is 2.58. The van der Waals surface area contributed by atoms with Crippen LogP contribution in [0.4, 0.5) is 5.69 Å². The molecule has 176 valence electrons. The average molecular weight is 460 g/mol. The molecule has 34 heavy (non-hydrogen) atoms. The smallest absolute Gasteiger partial charge is 0.329 e. The third-order valence-electron chi connectivity index (χ3n) is 6.03. The van der Waals surface area contributed by atoms with Gasteiger partial charge in [-0.2, -0.15) is 0 Å². The number of esters is 2. The van der Waals surface area contributed by atoms with Crippen molar-refractivity contribution in [2.75, 3.05) is 18.3 Å². The second-order valence-electron chi connectivity index (χ2n) is 8.18. The van der Waals surface area contributed by atoms with Crippen LogP contribution in [-0.2, 0) is 23.9 Å². The standard InChI is InChI=1S/C28H29NO5/c1-4-32-26(30)28(27(31)33-5-2)24(21-12-8-6-9-13-21)29(23-14-10-7-11-15-23)34-25(28)22-18-16-20(3)17-19-22/h6-19,24-25H,4-5H2,1-3H3/t24-,25-/m0/s1. The van der Waals surface area contributed by atoms with Crippen LogP contribution in [0.3, 0.4) is 0 Å². The minimum atomic E-state index is -1.79. The van der Waals surface area contributed by atoms with E-state index in [1.165, 1.54) is 0 Å². The fourth-order valence-electron chi connectivity index (χ4n) is 4.49. The van der Waals surface area contributed by atoms with Crippen molar-refractivity contribution < 1.29 is 23.9 Å². The van der Waals surface area contributed by atoms with Crippen molar-refractivity contribution in [3.8, 4) is 0 Å². The molecular weight excluding hydrogens is 430 g/mol. The Morgan fingerprint density at radius 1 is 0.794 bits per heavy atom. The summed E-state index contributed by atoms with van der Waals surface area (Å²) in [5.74, 6) is -1.35. The number of anilines is 1. The predicted octanol–water partition coefficient (Wildman–Crippen LogP) is 5.34. The zero-order valence-electron chi connectivity index (χ0n) is 19.6. The monoisotopic (exact) mass is 459 g/mol. The van der Waals surface area contributed by atoms with E-state index in [1.54, 1.807) is 18.9 Å². The summed E-state index contributed by atoms with van der Waals surface area (Å²) in [6.07, 6.45) is -0.961. The van der Waals surface area contributed by atoms with E-state index in [0.29, 0.717) is 11.3 Å². The zero-order valence-corrected chi connectivity index (χ0v) is 19.6. The Kier molecular flexibility index (Phi) is 6.98. The summed E-state index contributed by atoms with van der Waals surface area (Å²) in [6.45, 7) is 5.66. The second kappa shape index (κ2) is 10.1. The molecule has 6 heteroatoms. The summed E-state index contributed by atoms with van der Waals surface area (Å²) in [7, 11) is 0. The van der Waals surface area contributed by atoms with Crippen LogP contribution in [0, 0.1) is 12.3 Å². The van der Waals surface area contributed by atoms with Crippen LogP contribution in [0.25, 0.3) is 0 Å². The fourth-order valence-corrected chi connectivity index (χ4v) is 4.49. The number of para-hydroxylation sites is 1. The van der Waals surface area contributed by atoms with Crippen molar-refractivity contribution in [1.29, 1.82) is 0 Å². The maximum absolute atomic E-state index is 13.9. The number of carbonyl (C=O) groups excluding carboxylic acids is 2. The van der Waals surface area contributed by atoms with Crippen molar-refractivity contribution in [3.05, 3.63) is 102 Å². The van der Waals surface area contributed by atoms with Gasteiger partial charge in [-0.25, -0.2) is 5.06 Å². The van der Waals surface area contributed by atoms with Crippen molar-refractivity contribution in [2.45, 2.75) is 32.9 Å². The molecule has 1 aliphatic rings. The van der Waals surface area contributed by atoms with Crippen molar-refractivity contribution in [3.63, 3.8) is 0 Å². The van der Waals surface area contributed by atoms with E-state index >= 15 is 0 Å². The molecule has 0 saturated carbocycles. The first-order valence-electron chi connectivity index (χ1n) is 11.5. The lowest BCUT2D eigenvalue weighted by Crippen LogP contribution is -2.49. The van der Waals surface area contributed by atoms with Gasteiger partial charge in [-0.1, -0.05) is 78.4 Å². The van der Waals surface area contributed by atoms with Gasteiger partial charge in [0.15, 0.2) is 0 Å². The highest BCUT2D eigenvalue weighted by atomic mass is 16.7. The molecule has 0 aliphatic carbocycles. The number of hydroxylamine groups is 1. The number of rotatable bonds is 7. The van der Waals surface area contributed by atoms with Gasteiger partial charge in [-0.15, -0.1) is 0 Å². The number of hydrogen-bond donors (Lipinski definition) is 0. The van der Waals surface area contributed by atoms with Gasteiger partial charge in [-0.05, 0) is 44.0 Å². The molecule has 0 aromatic heterocycles.